The molecule has 176 valence electrons. The molecule has 3 rings (SSSR count). The van der Waals surface area contributed by atoms with Crippen molar-refractivity contribution in [3.05, 3.63) is 59.1 Å². The summed E-state index contributed by atoms with van der Waals surface area (Å²) in [6, 6.07) is 13.7. The van der Waals surface area contributed by atoms with Crippen LogP contribution in [0.25, 0.3) is 0 Å². The Kier molecular flexibility index (Phi) is 8.54. The molecule has 1 saturated heterocycles. The Morgan fingerprint density at radius 1 is 1.21 bits per heavy atom. The number of benzene rings is 2. The van der Waals surface area contributed by atoms with Crippen LogP contribution in [0.5, 0.6) is 0 Å². The summed E-state index contributed by atoms with van der Waals surface area (Å²) in [6.45, 7) is 5.39. The number of rotatable bonds is 8. The Balaban J connectivity index is 1.62. The molecule has 0 saturated carbocycles. The van der Waals surface area contributed by atoms with E-state index in [1.807, 2.05) is 49.1 Å². The Labute approximate surface area is 198 Å². The molecule has 1 aliphatic rings. The molecule has 1 fully saturated rings. The fourth-order valence-electron chi connectivity index (χ4n) is 3.50. The van der Waals surface area contributed by atoms with Crippen LogP contribution in [0.2, 0.25) is 5.02 Å². The Bertz CT molecular complexity index is 986. The number of halogens is 1. The predicted octanol–water partition coefficient (Wildman–Crippen LogP) is 3.56. The van der Waals surface area contributed by atoms with Gasteiger partial charge in [0.2, 0.25) is 11.8 Å². The molecule has 0 aliphatic carbocycles. The Morgan fingerprint density at radius 3 is 2.64 bits per heavy atom. The maximum Gasteiger partial charge on any atom is 0.408 e. The first-order chi connectivity index (χ1) is 15.9. The van der Waals surface area contributed by atoms with Gasteiger partial charge in [-0.1, -0.05) is 62.2 Å². The van der Waals surface area contributed by atoms with Gasteiger partial charge in [0.25, 0.3) is 0 Å². The highest BCUT2D eigenvalue weighted by Crippen LogP contribution is 2.29. The number of nitrogens with one attached hydrogen (secondary N) is 3. The summed E-state index contributed by atoms with van der Waals surface area (Å²) in [5.74, 6) is -0.533. The van der Waals surface area contributed by atoms with E-state index in [0.717, 1.165) is 11.3 Å². The standard InChI is InChI=1S/C24H29ClN4O4/c1-3-16(2)22(28-24(32)33-15-17-7-5-4-6-8-17)23(31)27-18-9-10-20(19(25)13-18)29-12-11-26-21(30)14-29/h4-10,13,16,22H,3,11-12,14-15H2,1-2H3,(H,26,30)(H,27,31)(H,28,32)/t16-,22-/m0/s1. The van der Waals surface area contributed by atoms with E-state index in [0.29, 0.717) is 30.2 Å². The van der Waals surface area contributed by atoms with Crippen LogP contribution in [-0.4, -0.2) is 43.6 Å². The summed E-state index contributed by atoms with van der Waals surface area (Å²) in [4.78, 5) is 38.9. The van der Waals surface area contributed by atoms with Crippen molar-refractivity contribution in [2.24, 2.45) is 5.92 Å². The van der Waals surface area contributed by atoms with Crippen LogP contribution in [0.4, 0.5) is 16.2 Å². The van der Waals surface area contributed by atoms with Crippen molar-refractivity contribution in [1.82, 2.24) is 10.6 Å². The predicted molar refractivity (Wildman–Crippen MR) is 128 cm³/mol. The van der Waals surface area contributed by atoms with Crippen LogP contribution in [0.3, 0.4) is 0 Å². The number of amides is 3. The minimum absolute atomic E-state index is 0.0590. The monoisotopic (exact) mass is 472 g/mol. The zero-order valence-electron chi connectivity index (χ0n) is 18.8. The second-order valence-electron chi connectivity index (χ2n) is 8.00. The molecule has 8 nitrogen and oxygen atoms in total. The number of hydrogen-bond acceptors (Lipinski definition) is 5. The SMILES string of the molecule is CC[C@H](C)[C@H](NC(=O)OCc1ccccc1)C(=O)Nc1ccc(N2CCNC(=O)C2)c(Cl)c1. The van der Waals surface area contributed by atoms with Crippen LogP contribution in [-0.2, 0) is 20.9 Å². The zero-order valence-corrected chi connectivity index (χ0v) is 19.5. The minimum atomic E-state index is -0.775. The van der Waals surface area contributed by atoms with Gasteiger partial charge in [-0.3, -0.25) is 9.59 Å². The van der Waals surface area contributed by atoms with E-state index in [2.05, 4.69) is 16.0 Å². The van der Waals surface area contributed by atoms with Crippen molar-refractivity contribution in [1.29, 1.82) is 0 Å². The number of alkyl carbamates (subject to hydrolysis) is 1. The van der Waals surface area contributed by atoms with Gasteiger partial charge in [-0.25, -0.2) is 4.79 Å². The number of carbonyl (C=O) groups excluding carboxylic acids is 3. The summed E-state index contributed by atoms with van der Waals surface area (Å²) >= 11 is 6.43. The third-order valence-electron chi connectivity index (χ3n) is 5.58. The molecule has 3 N–H and O–H groups in total. The number of anilines is 2. The number of carbonyl (C=O) groups is 3. The molecule has 2 atom stereocenters. The van der Waals surface area contributed by atoms with E-state index < -0.39 is 12.1 Å². The molecule has 9 heteroatoms. The van der Waals surface area contributed by atoms with Crippen LogP contribution >= 0.6 is 11.6 Å². The number of ether oxygens (including phenoxy) is 1. The van der Waals surface area contributed by atoms with Crippen molar-refractivity contribution in [2.45, 2.75) is 32.9 Å². The van der Waals surface area contributed by atoms with Gasteiger partial charge in [-0.15, -0.1) is 0 Å². The first kappa shape index (κ1) is 24.4. The second kappa shape index (κ2) is 11.6. The van der Waals surface area contributed by atoms with Crippen molar-refractivity contribution in [3.8, 4) is 0 Å². The van der Waals surface area contributed by atoms with Gasteiger partial charge in [0.1, 0.15) is 12.6 Å². The third-order valence-corrected chi connectivity index (χ3v) is 5.88. The van der Waals surface area contributed by atoms with Gasteiger partial charge < -0.3 is 25.6 Å². The zero-order chi connectivity index (χ0) is 23.8. The first-order valence-electron chi connectivity index (χ1n) is 11.0. The molecule has 33 heavy (non-hydrogen) atoms. The lowest BCUT2D eigenvalue weighted by Gasteiger charge is -2.29. The van der Waals surface area contributed by atoms with Gasteiger partial charge in [-0.05, 0) is 29.7 Å². The maximum atomic E-state index is 13.0. The van der Waals surface area contributed by atoms with Crippen molar-refractivity contribution in [2.75, 3.05) is 29.9 Å². The highest BCUT2D eigenvalue weighted by molar-refractivity contribution is 6.33. The van der Waals surface area contributed by atoms with Crippen molar-refractivity contribution < 1.29 is 19.1 Å². The van der Waals surface area contributed by atoms with Gasteiger partial charge in [0.05, 0.1) is 17.3 Å². The summed E-state index contributed by atoms with van der Waals surface area (Å²) < 4.78 is 5.27. The molecule has 0 radical (unpaired) electrons. The molecular weight excluding hydrogens is 444 g/mol. The molecule has 0 bridgehead atoms. The summed E-state index contributed by atoms with van der Waals surface area (Å²) in [6.07, 6.45) is 0.0318. The Morgan fingerprint density at radius 2 is 1.97 bits per heavy atom. The first-order valence-corrected chi connectivity index (χ1v) is 11.3. The molecule has 0 aromatic heterocycles. The van der Waals surface area contributed by atoms with E-state index in [1.54, 1.807) is 18.2 Å². The van der Waals surface area contributed by atoms with E-state index in [4.69, 9.17) is 16.3 Å². The van der Waals surface area contributed by atoms with Gasteiger partial charge in [-0.2, -0.15) is 0 Å². The highest BCUT2D eigenvalue weighted by atomic mass is 35.5. The average molecular weight is 473 g/mol. The van der Waals surface area contributed by atoms with E-state index in [9.17, 15) is 14.4 Å². The molecule has 0 spiro atoms. The smallest absolute Gasteiger partial charge is 0.408 e. The maximum absolute atomic E-state index is 13.0. The van der Waals surface area contributed by atoms with E-state index in [1.165, 1.54) is 0 Å². The third kappa shape index (κ3) is 6.86. The highest BCUT2D eigenvalue weighted by Gasteiger charge is 2.27. The summed E-state index contributed by atoms with van der Waals surface area (Å²) in [5.41, 5.74) is 2.09. The van der Waals surface area contributed by atoms with Crippen LogP contribution in [0.1, 0.15) is 25.8 Å². The second-order valence-corrected chi connectivity index (χ2v) is 8.40. The Hall–Kier alpha value is -3.26. The van der Waals surface area contributed by atoms with Crippen molar-refractivity contribution in [3.63, 3.8) is 0 Å². The molecule has 3 amide bonds. The lowest BCUT2D eigenvalue weighted by molar-refractivity contribution is -0.120. The molecule has 1 heterocycles. The normalized spacial score (nSPS) is 15.2. The topological polar surface area (TPSA) is 99.8 Å². The molecular formula is C24H29ClN4O4. The number of piperazine rings is 1. The van der Waals surface area contributed by atoms with Gasteiger partial charge in [0, 0.05) is 18.8 Å². The van der Waals surface area contributed by atoms with E-state index in [-0.39, 0.29) is 30.9 Å². The molecule has 2 aromatic carbocycles. The number of hydrogen-bond donors (Lipinski definition) is 3. The quantitative estimate of drug-likeness (QED) is 0.545. The molecule has 1 aliphatic heterocycles. The van der Waals surface area contributed by atoms with Gasteiger partial charge >= 0.3 is 6.09 Å². The average Bonchev–Trinajstić information content (AvgIpc) is 2.81. The fourth-order valence-corrected chi connectivity index (χ4v) is 3.80. The summed E-state index contributed by atoms with van der Waals surface area (Å²) in [5, 5.41) is 8.71. The van der Waals surface area contributed by atoms with Crippen LogP contribution < -0.4 is 20.9 Å². The summed E-state index contributed by atoms with van der Waals surface area (Å²) in [7, 11) is 0. The minimum Gasteiger partial charge on any atom is -0.445 e. The van der Waals surface area contributed by atoms with Crippen LogP contribution in [0, 0.1) is 5.92 Å². The van der Waals surface area contributed by atoms with E-state index >= 15 is 0 Å². The van der Waals surface area contributed by atoms with Crippen molar-refractivity contribution >= 4 is 40.9 Å². The lowest BCUT2D eigenvalue weighted by atomic mass is 9.98. The molecule has 2 aromatic rings. The molecule has 0 unspecified atom stereocenters. The van der Waals surface area contributed by atoms with Crippen LogP contribution in [0.15, 0.2) is 48.5 Å². The number of nitrogens with zero attached hydrogens (tertiary/aromatic N) is 1. The largest absolute Gasteiger partial charge is 0.445 e. The lowest BCUT2D eigenvalue weighted by Crippen LogP contribution is -2.48. The van der Waals surface area contributed by atoms with Gasteiger partial charge in [0.15, 0.2) is 0 Å². The fraction of sp³-hybridized carbons (Fsp3) is 0.375.